The Balaban J connectivity index is 4.15. The number of carbonyl (C=O) groups excluding carboxylic acids is 2. The minimum atomic E-state index is -0.436. The van der Waals surface area contributed by atoms with Crippen LogP contribution in [0.5, 0.6) is 0 Å². The zero-order valence-corrected chi connectivity index (χ0v) is 9.60. The molecule has 0 aromatic rings. The molecule has 2 amide bonds. The van der Waals surface area contributed by atoms with Crippen LogP contribution in [0.15, 0.2) is 0 Å². The van der Waals surface area contributed by atoms with Crippen molar-refractivity contribution in [3.8, 4) is 0 Å². The number of amides is 2. The minimum absolute atomic E-state index is 0.0471. The number of rotatable bonds is 4. The summed E-state index contributed by atoms with van der Waals surface area (Å²) in [6.45, 7) is 7.76. The lowest BCUT2D eigenvalue weighted by Gasteiger charge is -2.27. The van der Waals surface area contributed by atoms with Crippen LogP contribution in [0.25, 0.3) is 0 Å². The maximum Gasteiger partial charge on any atom is 0.239 e. The van der Waals surface area contributed by atoms with Gasteiger partial charge in [0, 0.05) is 12.5 Å². The van der Waals surface area contributed by atoms with Crippen LogP contribution in [-0.4, -0.2) is 25.4 Å². The number of likely N-dealkylation sites (N-methyl/N-ethyl adjacent to an activating group) is 1. The van der Waals surface area contributed by atoms with Crippen LogP contribution in [0.1, 0.15) is 27.7 Å². The van der Waals surface area contributed by atoms with E-state index in [9.17, 15) is 9.59 Å². The summed E-state index contributed by atoms with van der Waals surface area (Å²) in [6, 6.07) is 0. The van der Waals surface area contributed by atoms with Crippen molar-refractivity contribution in [1.29, 1.82) is 0 Å². The quantitative estimate of drug-likeness (QED) is 0.695. The molecule has 14 heavy (non-hydrogen) atoms. The smallest absolute Gasteiger partial charge is 0.239 e. The molecule has 0 aliphatic rings. The second-order valence-corrected chi connectivity index (χ2v) is 4.23. The van der Waals surface area contributed by atoms with Crippen LogP contribution in [0.2, 0.25) is 0 Å². The molecule has 4 heteroatoms. The third kappa shape index (κ3) is 3.36. The van der Waals surface area contributed by atoms with Crippen molar-refractivity contribution in [2.75, 3.05) is 13.6 Å². The highest BCUT2D eigenvalue weighted by molar-refractivity contribution is 5.87. The Kier molecular flexibility index (Phi) is 4.60. The van der Waals surface area contributed by atoms with Gasteiger partial charge in [0.25, 0.3) is 0 Å². The van der Waals surface area contributed by atoms with Crippen molar-refractivity contribution in [2.24, 2.45) is 11.3 Å². The van der Waals surface area contributed by atoms with Crippen LogP contribution < -0.4 is 10.6 Å². The standard InChI is InChI=1S/C10H20N2O2/c1-7(2)10(3,4)9(14)12-6-8(13)11-5/h7H,6H2,1-5H3,(H,11,13)(H,12,14). The van der Waals surface area contributed by atoms with E-state index in [2.05, 4.69) is 10.6 Å². The third-order valence-electron chi connectivity index (χ3n) is 2.72. The molecule has 0 saturated carbocycles. The van der Waals surface area contributed by atoms with Gasteiger partial charge in [0.2, 0.25) is 11.8 Å². The zero-order valence-electron chi connectivity index (χ0n) is 9.60. The Hall–Kier alpha value is -1.06. The zero-order chi connectivity index (χ0) is 11.4. The van der Waals surface area contributed by atoms with Gasteiger partial charge in [-0.15, -0.1) is 0 Å². The summed E-state index contributed by atoms with van der Waals surface area (Å²) in [5.74, 6) is -0.0267. The molecule has 4 nitrogen and oxygen atoms in total. The molecule has 0 atom stereocenters. The molecule has 0 heterocycles. The molecule has 0 rings (SSSR count). The normalized spacial score (nSPS) is 11.3. The summed E-state index contributed by atoms with van der Waals surface area (Å²) in [4.78, 5) is 22.5. The van der Waals surface area contributed by atoms with Crippen molar-refractivity contribution in [3.63, 3.8) is 0 Å². The number of carbonyl (C=O) groups is 2. The van der Waals surface area contributed by atoms with Crippen molar-refractivity contribution < 1.29 is 9.59 Å². The molecule has 0 aromatic heterocycles. The summed E-state index contributed by atoms with van der Waals surface area (Å²) in [6.07, 6.45) is 0. The number of hydrogen-bond donors (Lipinski definition) is 2. The first-order valence-electron chi connectivity index (χ1n) is 4.81. The van der Waals surface area contributed by atoms with E-state index in [1.54, 1.807) is 7.05 Å². The topological polar surface area (TPSA) is 58.2 Å². The van der Waals surface area contributed by atoms with E-state index >= 15 is 0 Å². The molecule has 2 N–H and O–H groups in total. The van der Waals surface area contributed by atoms with Gasteiger partial charge in [-0.3, -0.25) is 9.59 Å². The van der Waals surface area contributed by atoms with E-state index in [-0.39, 0.29) is 24.3 Å². The Labute approximate surface area is 85.4 Å². The fraction of sp³-hybridized carbons (Fsp3) is 0.800. The SMILES string of the molecule is CNC(=O)CNC(=O)C(C)(C)C(C)C. The molecule has 0 bridgehead atoms. The molecule has 0 aliphatic heterocycles. The predicted molar refractivity (Wildman–Crippen MR) is 55.7 cm³/mol. The maximum atomic E-state index is 11.6. The van der Waals surface area contributed by atoms with E-state index in [1.807, 2.05) is 27.7 Å². The van der Waals surface area contributed by atoms with Crippen LogP contribution in [0.3, 0.4) is 0 Å². The van der Waals surface area contributed by atoms with E-state index < -0.39 is 5.41 Å². The Morgan fingerprint density at radius 2 is 1.79 bits per heavy atom. The van der Waals surface area contributed by atoms with Crippen molar-refractivity contribution >= 4 is 11.8 Å². The van der Waals surface area contributed by atoms with E-state index in [4.69, 9.17) is 0 Å². The first-order chi connectivity index (χ1) is 6.32. The molecule has 82 valence electrons. The van der Waals surface area contributed by atoms with Gasteiger partial charge in [0.05, 0.1) is 6.54 Å². The van der Waals surface area contributed by atoms with Crippen molar-refractivity contribution in [3.05, 3.63) is 0 Å². The first kappa shape index (κ1) is 12.9. The van der Waals surface area contributed by atoms with E-state index in [1.165, 1.54) is 0 Å². The molecule has 0 unspecified atom stereocenters. The average Bonchev–Trinajstić information content (AvgIpc) is 2.12. The van der Waals surface area contributed by atoms with Gasteiger partial charge < -0.3 is 10.6 Å². The highest BCUT2D eigenvalue weighted by atomic mass is 16.2. The largest absolute Gasteiger partial charge is 0.358 e. The third-order valence-corrected chi connectivity index (χ3v) is 2.72. The second-order valence-electron chi connectivity index (χ2n) is 4.23. The second kappa shape index (κ2) is 4.98. The van der Waals surface area contributed by atoms with Gasteiger partial charge in [-0.1, -0.05) is 27.7 Å². The molecular weight excluding hydrogens is 180 g/mol. The van der Waals surface area contributed by atoms with Crippen LogP contribution >= 0.6 is 0 Å². The van der Waals surface area contributed by atoms with Crippen LogP contribution in [-0.2, 0) is 9.59 Å². The summed E-state index contributed by atoms with van der Waals surface area (Å²) < 4.78 is 0. The summed E-state index contributed by atoms with van der Waals surface area (Å²) in [7, 11) is 1.54. The lowest BCUT2D eigenvalue weighted by Crippen LogP contribution is -2.44. The fourth-order valence-electron chi connectivity index (χ4n) is 0.739. The molecule has 0 spiro atoms. The monoisotopic (exact) mass is 200 g/mol. The van der Waals surface area contributed by atoms with Crippen LogP contribution in [0, 0.1) is 11.3 Å². The van der Waals surface area contributed by atoms with Crippen LogP contribution in [0.4, 0.5) is 0 Å². The van der Waals surface area contributed by atoms with E-state index in [0.29, 0.717) is 0 Å². The number of nitrogens with one attached hydrogen (secondary N) is 2. The Bertz CT molecular complexity index is 222. The van der Waals surface area contributed by atoms with Crippen molar-refractivity contribution in [2.45, 2.75) is 27.7 Å². The van der Waals surface area contributed by atoms with Crippen molar-refractivity contribution in [1.82, 2.24) is 10.6 Å². The highest BCUT2D eigenvalue weighted by Gasteiger charge is 2.30. The molecular formula is C10H20N2O2. The molecule has 0 fully saturated rings. The summed E-state index contributed by atoms with van der Waals surface area (Å²) in [5.41, 5.74) is -0.436. The van der Waals surface area contributed by atoms with Gasteiger partial charge in [0.15, 0.2) is 0 Å². The van der Waals surface area contributed by atoms with Gasteiger partial charge in [-0.2, -0.15) is 0 Å². The summed E-state index contributed by atoms with van der Waals surface area (Å²) >= 11 is 0. The minimum Gasteiger partial charge on any atom is -0.358 e. The number of hydrogen-bond acceptors (Lipinski definition) is 2. The predicted octanol–water partition coefficient (Wildman–Crippen LogP) is 0.531. The summed E-state index contributed by atoms with van der Waals surface area (Å²) in [5, 5.41) is 5.05. The highest BCUT2D eigenvalue weighted by Crippen LogP contribution is 2.25. The Morgan fingerprint density at radius 3 is 2.14 bits per heavy atom. The van der Waals surface area contributed by atoms with Gasteiger partial charge in [0.1, 0.15) is 0 Å². The lowest BCUT2D eigenvalue weighted by molar-refractivity contribution is -0.133. The Morgan fingerprint density at radius 1 is 1.29 bits per heavy atom. The van der Waals surface area contributed by atoms with Gasteiger partial charge in [-0.25, -0.2) is 0 Å². The molecule has 0 aliphatic carbocycles. The molecule has 0 saturated heterocycles. The van der Waals surface area contributed by atoms with Gasteiger partial charge >= 0.3 is 0 Å². The maximum absolute atomic E-state index is 11.6. The first-order valence-corrected chi connectivity index (χ1v) is 4.81. The fourth-order valence-corrected chi connectivity index (χ4v) is 0.739. The van der Waals surface area contributed by atoms with Gasteiger partial charge in [-0.05, 0) is 5.92 Å². The molecule has 0 aromatic carbocycles. The molecule has 0 radical (unpaired) electrons. The lowest BCUT2D eigenvalue weighted by atomic mass is 9.80. The average molecular weight is 200 g/mol. The van der Waals surface area contributed by atoms with E-state index in [0.717, 1.165) is 0 Å².